The minimum atomic E-state index is -0.436. The van der Waals surface area contributed by atoms with Crippen molar-refractivity contribution in [2.24, 2.45) is 0 Å². The quantitative estimate of drug-likeness (QED) is 0.620. The summed E-state index contributed by atoms with van der Waals surface area (Å²) in [4.78, 5) is 14.3. The lowest BCUT2D eigenvalue weighted by Gasteiger charge is -2.16. The molecule has 0 amide bonds. The molecule has 0 radical (unpaired) electrons. The minimum absolute atomic E-state index is 0.0141. The van der Waals surface area contributed by atoms with Crippen LogP contribution in [-0.2, 0) is 6.42 Å². The van der Waals surface area contributed by atoms with E-state index in [-0.39, 0.29) is 5.69 Å². The zero-order valence-corrected chi connectivity index (χ0v) is 12.2. The van der Waals surface area contributed by atoms with Gasteiger partial charge < -0.3 is 5.32 Å². The average Bonchev–Trinajstić information content (AvgIpc) is 2.35. The van der Waals surface area contributed by atoms with Gasteiger partial charge in [0, 0.05) is 23.0 Å². The van der Waals surface area contributed by atoms with Crippen molar-refractivity contribution in [1.29, 1.82) is 0 Å². The first-order chi connectivity index (χ1) is 8.58. The molecule has 6 heteroatoms. The molecule has 100 valence electrons. The lowest BCUT2D eigenvalue weighted by molar-refractivity contribution is -0.385. The Hall–Kier alpha value is -1.01. The van der Waals surface area contributed by atoms with Crippen LogP contribution in [0.25, 0.3) is 0 Å². The number of hydrogen-bond donors (Lipinski definition) is 1. The Morgan fingerprint density at radius 1 is 1.56 bits per heavy atom. The molecule has 1 atom stereocenters. The second-order valence-corrected chi connectivity index (χ2v) is 5.00. The third-order valence-electron chi connectivity index (χ3n) is 2.73. The van der Waals surface area contributed by atoms with E-state index in [1.165, 1.54) is 12.3 Å². The fraction of sp³-hybridized carbons (Fsp3) is 0.583. The maximum Gasteiger partial charge on any atom is 0.288 e. The van der Waals surface area contributed by atoms with E-state index in [1.54, 1.807) is 0 Å². The Balaban J connectivity index is 2.74. The zero-order chi connectivity index (χ0) is 13.5. The minimum Gasteiger partial charge on any atom is -0.314 e. The van der Waals surface area contributed by atoms with Crippen LogP contribution in [0.15, 0.2) is 16.7 Å². The number of pyridine rings is 1. The van der Waals surface area contributed by atoms with Gasteiger partial charge in [0.15, 0.2) is 0 Å². The van der Waals surface area contributed by atoms with Crippen molar-refractivity contribution in [3.63, 3.8) is 0 Å². The van der Waals surface area contributed by atoms with Gasteiger partial charge in [0.1, 0.15) is 6.20 Å². The molecule has 0 aromatic carbocycles. The molecule has 0 fully saturated rings. The third-order valence-corrected chi connectivity index (χ3v) is 3.42. The average molecular weight is 316 g/mol. The van der Waals surface area contributed by atoms with Crippen LogP contribution >= 0.6 is 15.9 Å². The van der Waals surface area contributed by atoms with E-state index >= 15 is 0 Å². The first-order valence-corrected chi connectivity index (χ1v) is 6.90. The Labute approximate surface area is 115 Å². The van der Waals surface area contributed by atoms with Crippen molar-refractivity contribution in [3.8, 4) is 0 Å². The van der Waals surface area contributed by atoms with Gasteiger partial charge in [0.25, 0.3) is 5.69 Å². The molecule has 0 aliphatic rings. The van der Waals surface area contributed by atoms with Crippen LogP contribution in [0.4, 0.5) is 5.69 Å². The highest BCUT2D eigenvalue weighted by Crippen LogP contribution is 2.22. The number of nitrogens with one attached hydrogen (secondary N) is 1. The van der Waals surface area contributed by atoms with Crippen molar-refractivity contribution in [2.75, 3.05) is 6.54 Å². The van der Waals surface area contributed by atoms with E-state index in [2.05, 4.69) is 40.1 Å². The number of aromatic nitrogens is 1. The Morgan fingerprint density at radius 3 is 2.78 bits per heavy atom. The van der Waals surface area contributed by atoms with Crippen LogP contribution in [-0.4, -0.2) is 22.5 Å². The van der Waals surface area contributed by atoms with E-state index in [9.17, 15) is 10.1 Å². The summed E-state index contributed by atoms with van der Waals surface area (Å²) >= 11 is 3.35. The summed E-state index contributed by atoms with van der Waals surface area (Å²) in [5.41, 5.74) is 0.872. The Morgan fingerprint density at radius 2 is 2.28 bits per heavy atom. The van der Waals surface area contributed by atoms with Gasteiger partial charge in [0.2, 0.25) is 0 Å². The molecule has 1 heterocycles. The van der Waals surface area contributed by atoms with Crippen LogP contribution in [0.2, 0.25) is 0 Å². The zero-order valence-electron chi connectivity index (χ0n) is 10.6. The summed E-state index contributed by atoms with van der Waals surface area (Å²) in [5, 5.41) is 14.1. The summed E-state index contributed by atoms with van der Waals surface area (Å²) in [6.45, 7) is 5.22. The lowest BCUT2D eigenvalue weighted by Crippen LogP contribution is -2.31. The predicted molar refractivity (Wildman–Crippen MR) is 74.7 cm³/mol. The Kier molecular flexibility index (Phi) is 6.21. The van der Waals surface area contributed by atoms with Crippen molar-refractivity contribution in [2.45, 2.75) is 39.2 Å². The Bertz CT molecular complexity index is 412. The fourth-order valence-corrected chi connectivity index (χ4v) is 2.15. The van der Waals surface area contributed by atoms with Gasteiger partial charge >= 0.3 is 0 Å². The number of halogens is 1. The number of nitrogens with zero attached hydrogens (tertiary/aromatic N) is 2. The van der Waals surface area contributed by atoms with Crippen LogP contribution in [0.1, 0.15) is 32.4 Å². The predicted octanol–water partition coefficient (Wildman–Crippen LogP) is 3.07. The number of hydrogen-bond acceptors (Lipinski definition) is 4. The van der Waals surface area contributed by atoms with E-state index in [1.807, 2.05) is 0 Å². The van der Waals surface area contributed by atoms with Crippen molar-refractivity contribution in [3.05, 3.63) is 32.5 Å². The number of rotatable bonds is 7. The molecular formula is C12H18BrN3O2. The first kappa shape index (κ1) is 15.0. The van der Waals surface area contributed by atoms with Gasteiger partial charge in [-0.2, -0.15) is 0 Å². The highest BCUT2D eigenvalue weighted by molar-refractivity contribution is 9.10. The van der Waals surface area contributed by atoms with Gasteiger partial charge in [-0.3, -0.25) is 15.1 Å². The third kappa shape index (κ3) is 4.34. The molecule has 0 saturated carbocycles. The second kappa shape index (κ2) is 7.43. The summed E-state index contributed by atoms with van der Waals surface area (Å²) in [6, 6.07) is 1.87. The largest absolute Gasteiger partial charge is 0.314 e. The monoisotopic (exact) mass is 315 g/mol. The second-order valence-electron chi connectivity index (χ2n) is 4.14. The molecule has 0 saturated heterocycles. The normalized spacial score (nSPS) is 12.4. The van der Waals surface area contributed by atoms with Crippen LogP contribution in [0.5, 0.6) is 0 Å². The van der Waals surface area contributed by atoms with E-state index in [0.717, 1.165) is 31.5 Å². The number of nitro groups is 1. The van der Waals surface area contributed by atoms with E-state index < -0.39 is 4.92 Å². The van der Waals surface area contributed by atoms with E-state index in [4.69, 9.17) is 0 Å². The smallest absolute Gasteiger partial charge is 0.288 e. The summed E-state index contributed by atoms with van der Waals surface area (Å²) in [7, 11) is 0. The molecule has 1 rings (SSSR count). The molecule has 0 aliphatic carbocycles. The maximum atomic E-state index is 10.6. The molecule has 18 heavy (non-hydrogen) atoms. The van der Waals surface area contributed by atoms with Crippen LogP contribution in [0.3, 0.4) is 0 Å². The molecule has 1 aromatic rings. The van der Waals surface area contributed by atoms with Crippen molar-refractivity contribution < 1.29 is 4.92 Å². The van der Waals surface area contributed by atoms with Gasteiger partial charge in [-0.15, -0.1) is 0 Å². The summed E-state index contributed by atoms with van der Waals surface area (Å²) in [5.74, 6) is 0. The van der Waals surface area contributed by atoms with E-state index in [0.29, 0.717) is 10.5 Å². The summed E-state index contributed by atoms with van der Waals surface area (Å²) in [6.07, 6.45) is 4.18. The van der Waals surface area contributed by atoms with Crippen LogP contribution < -0.4 is 5.32 Å². The van der Waals surface area contributed by atoms with Crippen LogP contribution in [0, 0.1) is 10.1 Å². The first-order valence-electron chi connectivity index (χ1n) is 6.10. The van der Waals surface area contributed by atoms with Gasteiger partial charge in [0.05, 0.1) is 10.6 Å². The highest BCUT2D eigenvalue weighted by Gasteiger charge is 2.14. The van der Waals surface area contributed by atoms with Gasteiger partial charge in [-0.05, 0) is 35.3 Å². The molecule has 5 nitrogen and oxygen atoms in total. The molecular weight excluding hydrogens is 298 g/mol. The van der Waals surface area contributed by atoms with Gasteiger partial charge in [-0.25, -0.2) is 0 Å². The molecule has 1 aromatic heterocycles. The topological polar surface area (TPSA) is 68.1 Å². The molecule has 0 aliphatic heterocycles. The van der Waals surface area contributed by atoms with Gasteiger partial charge in [-0.1, -0.05) is 13.8 Å². The highest BCUT2D eigenvalue weighted by atomic mass is 79.9. The molecule has 0 spiro atoms. The fourth-order valence-electron chi connectivity index (χ4n) is 1.65. The lowest BCUT2D eigenvalue weighted by atomic mass is 10.1. The molecule has 1 N–H and O–H groups in total. The van der Waals surface area contributed by atoms with Crippen molar-refractivity contribution in [1.82, 2.24) is 10.3 Å². The SMILES string of the molecule is CCCNC(CC)Cc1ncc([N+](=O)[O-])cc1Br. The standard InChI is InChI=1S/C12H18BrN3O2/c1-3-5-14-9(4-2)6-12-11(13)7-10(8-15-12)16(17)18/h7-9,14H,3-6H2,1-2H3. The molecule has 1 unspecified atom stereocenters. The summed E-state index contributed by atoms with van der Waals surface area (Å²) < 4.78 is 0.702. The molecule has 0 bridgehead atoms. The van der Waals surface area contributed by atoms with Crippen molar-refractivity contribution >= 4 is 21.6 Å². The maximum absolute atomic E-state index is 10.6.